The number of nitrogens with one attached hydrogen (secondary N) is 1. The Balaban J connectivity index is 1.69. The van der Waals surface area contributed by atoms with Gasteiger partial charge in [0.25, 0.3) is 0 Å². The topological polar surface area (TPSA) is 102 Å². The highest BCUT2D eigenvalue weighted by molar-refractivity contribution is 7.89. The molecule has 0 saturated heterocycles. The van der Waals surface area contributed by atoms with E-state index in [1.807, 2.05) is 0 Å². The van der Waals surface area contributed by atoms with E-state index in [9.17, 15) is 16.8 Å². The molecule has 0 amide bonds. The summed E-state index contributed by atoms with van der Waals surface area (Å²) in [5.74, 6) is 1.11. The lowest BCUT2D eigenvalue weighted by Crippen LogP contribution is -2.39. The minimum Gasteiger partial charge on any atom is -0.497 e. The molecule has 10 heteroatoms. The van der Waals surface area contributed by atoms with Crippen LogP contribution in [0.4, 0.5) is 0 Å². The molecule has 0 aliphatic heterocycles. The fourth-order valence-corrected chi connectivity index (χ4v) is 5.58. The van der Waals surface area contributed by atoms with Crippen LogP contribution in [-0.2, 0) is 20.0 Å². The summed E-state index contributed by atoms with van der Waals surface area (Å²) >= 11 is 0. The van der Waals surface area contributed by atoms with E-state index in [4.69, 9.17) is 9.47 Å². The van der Waals surface area contributed by atoms with Crippen LogP contribution in [0, 0.1) is 0 Å². The average Bonchev–Trinajstić information content (AvgIpc) is 3.56. The van der Waals surface area contributed by atoms with Gasteiger partial charge in [-0.3, -0.25) is 0 Å². The van der Waals surface area contributed by atoms with Crippen LogP contribution < -0.4 is 14.2 Å². The fraction of sp³-hybridized carbons (Fsp3) is 0.368. The number of sulfonamides is 2. The minimum absolute atomic E-state index is 0.0275. The van der Waals surface area contributed by atoms with E-state index in [1.165, 1.54) is 42.8 Å². The molecule has 0 unspecified atom stereocenters. The van der Waals surface area contributed by atoms with E-state index in [-0.39, 0.29) is 28.9 Å². The summed E-state index contributed by atoms with van der Waals surface area (Å²) < 4.78 is 64.9. The van der Waals surface area contributed by atoms with Gasteiger partial charge in [-0.1, -0.05) is 0 Å². The first-order valence-electron chi connectivity index (χ1n) is 9.07. The van der Waals surface area contributed by atoms with Gasteiger partial charge in [0.1, 0.15) is 11.5 Å². The lowest BCUT2D eigenvalue weighted by Gasteiger charge is -2.22. The number of rotatable bonds is 10. The molecule has 2 aromatic carbocycles. The smallest absolute Gasteiger partial charge is 0.243 e. The molecule has 8 nitrogen and oxygen atoms in total. The van der Waals surface area contributed by atoms with E-state index in [1.54, 1.807) is 24.3 Å². The molecule has 1 fully saturated rings. The second kappa shape index (κ2) is 8.70. The normalized spacial score (nSPS) is 14.7. The van der Waals surface area contributed by atoms with Crippen LogP contribution in [0.15, 0.2) is 58.3 Å². The Hall–Kier alpha value is -2.14. The Morgan fingerprint density at radius 3 is 1.79 bits per heavy atom. The van der Waals surface area contributed by atoms with Crippen LogP contribution in [0.25, 0.3) is 0 Å². The third-order valence-electron chi connectivity index (χ3n) is 4.61. The molecule has 0 bridgehead atoms. The molecule has 2 aromatic rings. The van der Waals surface area contributed by atoms with Gasteiger partial charge in [0.2, 0.25) is 20.0 Å². The molecule has 29 heavy (non-hydrogen) atoms. The third kappa shape index (κ3) is 5.08. The summed E-state index contributed by atoms with van der Waals surface area (Å²) in [6.07, 6.45) is 1.53. The first-order valence-corrected chi connectivity index (χ1v) is 12.0. The molecule has 158 valence electrons. The van der Waals surface area contributed by atoms with Crippen LogP contribution >= 0.6 is 0 Å². The Labute approximate surface area is 171 Å². The van der Waals surface area contributed by atoms with E-state index < -0.39 is 20.0 Å². The molecule has 0 heterocycles. The van der Waals surface area contributed by atoms with Gasteiger partial charge in [0.15, 0.2) is 0 Å². The van der Waals surface area contributed by atoms with Crippen molar-refractivity contribution in [2.24, 2.45) is 0 Å². The molecule has 1 N–H and O–H groups in total. The Morgan fingerprint density at radius 1 is 0.862 bits per heavy atom. The third-order valence-corrected chi connectivity index (χ3v) is 8.06. The van der Waals surface area contributed by atoms with Crippen molar-refractivity contribution in [3.05, 3.63) is 48.5 Å². The summed E-state index contributed by atoms with van der Waals surface area (Å²) in [4.78, 5) is 0.248. The van der Waals surface area contributed by atoms with Crippen molar-refractivity contribution in [3.8, 4) is 11.5 Å². The zero-order valence-electron chi connectivity index (χ0n) is 16.2. The van der Waals surface area contributed by atoms with Crippen molar-refractivity contribution < 1.29 is 26.3 Å². The van der Waals surface area contributed by atoms with Gasteiger partial charge in [-0.15, -0.1) is 0 Å². The molecule has 0 radical (unpaired) electrons. The summed E-state index contributed by atoms with van der Waals surface area (Å²) in [6, 6.07) is 12.0. The number of nitrogens with zero attached hydrogens (tertiary/aromatic N) is 1. The maximum Gasteiger partial charge on any atom is 0.243 e. The molecule has 0 atom stereocenters. The van der Waals surface area contributed by atoms with Crippen molar-refractivity contribution >= 4 is 20.0 Å². The van der Waals surface area contributed by atoms with Crippen LogP contribution in [0.1, 0.15) is 12.8 Å². The van der Waals surface area contributed by atoms with Gasteiger partial charge in [-0.2, -0.15) is 4.31 Å². The van der Waals surface area contributed by atoms with Crippen molar-refractivity contribution in [3.63, 3.8) is 0 Å². The molecule has 0 spiro atoms. The van der Waals surface area contributed by atoms with E-state index >= 15 is 0 Å². The molecule has 3 rings (SSSR count). The lowest BCUT2D eigenvalue weighted by atomic mass is 10.3. The van der Waals surface area contributed by atoms with Crippen molar-refractivity contribution in [1.82, 2.24) is 9.03 Å². The van der Waals surface area contributed by atoms with E-state index in [0.717, 1.165) is 12.8 Å². The highest BCUT2D eigenvalue weighted by Crippen LogP contribution is 2.32. The zero-order chi connectivity index (χ0) is 21.1. The van der Waals surface area contributed by atoms with E-state index in [0.29, 0.717) is 11.5 Å². The fourth-order valence-electron chi connectivity index (χ4n) is 2.87. The number of benzene rings is 2. The molecule has 0 aromatic heterocycles. The standard InChI is InChI=1S/C19H24N2O6S2/c1-26-16-5-9-18(10-6-16)28(22,23)20-13-14-21(15-3-4-15)29(24,25)19-11-7-17(27-2)8-12-19/h5-12,15,20H,3-4,13-14H2,1-2H3. The van der Waals surface area contributed by atoms with Gasteiger partial charge in [0.05, 0.1) is 24.0 Å². The first kappa shape index (κ1) is 21.6. The zero-order valence-corrected chi connectivity index (χ0v) is 17.9. The molecular weight excluding hydrogens is 416 g/mol. The molecule has 1 saturated carbocycles. The van der Waals surface area contributed by atoms with Gasteiger partial charge in [-0.05, 0) is 61.4 Å². The molecular formula is C19H24N2O6S2. The van der Waals surface area contributed by atoms with Crippen LogP contribution in [0.3, 0.4) is 0 Å². The summed E-state index contributed by atoms with van der Waals surface area (Å²) in [5, 5.41) is 0. The van der Waals surface area contributed by atoms with E-state index in [2.05, 4.69) is 4.72 Å². The second-order valence-electron chi connectivity index (χ2n) is 6.60. The first-order chi connectivity index (χ1) is 13.8. The maximum absolute atomic E-state index is 13.0. The lowest BCUT2D eigenvalue weighted by molar-refractivity contribution is 0.404. The minimum atomic E-state index is -3.75. The predicted molar refractivity (Wildman–Crippen MR) is 108 cm³/mol. The Morgan fingerprint density at radius 2 is 1.34 bits per heavy atom. The van der Waals surface area contributed by atoms with Crippen molar-refractivity contribution in [2.45, 2.75) is 28.7 Å². The van der Waals surface area contributed by atoms with Gasteiger partial charge < -0.3 is 9.47 Å². The number of methoxy groups -OCH3 is 2. The summed E-state index contributed by atoms with van der Waals surface area (Å²) in [5.41, 5.74) is 0. The maximum atomic E-state index is 13.0. The van der Waals surface area contributed by atoms with Gasteiger partial charge in [0, 0.05) is 19.1 Å². The predicted octanol–water partition coefficient (Wildman–Crippen LogP) is 1.84. The monoisotopic (exact) mass is 440 g/mol. The number of hydrogen-bond acceptors (Lipinski definition) is 6. The largest absolute Gasteiger partial charge is 0.497 e. The highest BCUT2D eigenvalue weighted by Gasteiger charge is 2.37. The van der Waals surface area contributed by atoms with Crippen molar-refractivity contribution in [2.75, 3.05) is 27.3 Å². The number of hydrogen-bond donors (Lipinski definition) is 1. The van der Waals surface area contributed by atoms with Gasteiger partial charge >= 0.3 is 0 Å². The Bertz CT molecular complexity index is 1030. The second-order valence-corrected chi connectivity index (χ2v) is 10.3. The SMILES string of the molecule is COc1ccc(S(=O)(=O)NCCN(C2CC2)S(=O)(=O)c2ccc(OC)cc2)cc1. The summed E-state index contributed by atoms with van der Waals surface area (Å²) in [7, 11) is -4.47. The van der Waals surface area contributed by atoms with Crippen LogP contribution in [0.5, 0.6) is 11.5 Å². The average molecular weight is 441 g/mol. The quantitative estimate of drug-likeness (QED) is 0.605. The highest BCUT2D eigenvalue weighted by atomic mass is 32.2. The molecule has 1 aliphatic rings. The van der Waals surface area contributed by atoms with Crippen LogP contribution in [0.2, 0.25) is 0 Å². The van der Waals surface area contributed by atoms with Crippen molar-refractivity contribution in [1.29, 1.82) is 0 Å². The molecule has 1 aliphatic carbocycles. The van der Waals surface area contributed by atoms with Gasteiger partial charge in [-0.25, -0.2) is 21.6 Å². The number of ether oxygens (including phenoxy) is 2. The summed E-state index contributed by atoms with van der Waals surface area (Å²) in [6.45, 7) is 0.0225. The Kier molecular flexibility index (Phi) is 6.47. The van der Waals surface area contributed by atoms with Crippen LogP contribution in [-0.4, -0.2) is 54.5 Å².